The highest BCUT2D eigenvalue weighted by molar-refractivity contribution is 5.95. The van der Waals surface area contributed by atoms with Gasteiger partial charge in [-0.2, -0.15) is 0 Å². The first-order chi connectivity index (χ1) is 6.06. The van der Waals surface area contributed by atoms with Crippen LogP contribution in [-0.4, -0.2) is 18.1 Å². The normalized spacial score (nSPS) is 9.77. The first-order valence-corrected chi connectivity index (χ1v) is 3.77. The molecule has 0 saturated carbocycles. The van der Waals surface area contributed by atoms with Gasteiger partial charge in [0.05, 0.1) is 0 Å². The first kappa shape index (κ1) is 9.51. The summed E-state index contributed by atoms with van der Waals surface area (Å²) in [7, 11) is 1.47. The molecule has 1 aromatic carbocycles. The maximum absolute atomic E-state index is 12.7. The number of phenols is 1. The molecule has 0 bridgehead atoms. The monoisotopic (exact) mass is 183 g/mol. The quantitative estimate of drug-likeness (QED) is 0.687. The van der Waals surface area contributed by atoms with Crippen molar-refractivity contribution in [1.82, 2.24) is 5.32 Å². The fourth-order valence-corrected chi connectivity index (χ4v) is 1.04. The van der Waals surface area contributed by atoms with Crippen LogP contribution in [0.3, 0.4) is 0 Å². The van der Waals surface area contributed by atoms with Crippen molar-refractivity contribution < 1.29 is 14.3 Å². The third-order valence-electron chi connectivity index (χ3n) is 1.77. The molecule has 1 aromatic rings. The van der Waals surface area contributed by atoms with Crippen molar-refractivity contribution in [3.63, 3.8) is 0 Å². The average Bonchev–Trinajstić information content (AvgIpc) is 2.10. The minimum absolute atomic E-state index is 0.279. The van der Waals surface area contributed by atoms with E-state index in [9.17, 15) is 9.18 Å². The Bertz CT molecular complexity index is 350. The third kappa shape index (κ3) is 1.77. The molecule has 0 spiro atoms. The summed E-state index contributed by atoms with van der Waals surface area (Å²) < 4.78 is 12.7. The van der Waals surface area contributed by atoms with Gasteiger partial charge in [0.1, 0.15) is 0 Å². The number of hydrogen-bond acceptors (Lipinski definition) is 2. The minimum atomic E-state index is -0.717. The molecule has 0 radical (unpaired) electrons. The van der Waals surface area contributed by atoms with Crippen LogP contribution in [0.15, 0.2) is 12.1 Å². The van der Waals surface area contributed by atoms with Crippen molar-refractivity contribution in [1.29, 1.82) is 0 Å². The Morgan fingerprint density at radius 1 is 1.54 bits per heavy atom. The zero-order chi connectivity index (χ0) is 10.0. The van der Waals surface area contributed by atoms with E-state index >= 15 is 0 Å². The van der Waals surface area contributed by atoms with Crippen LogP contribution in [0.4, 0.5) is 4.39 Å². The fraction of sp³-hybridized carbons (Fsp3) is 0.222. The molecule has 0 heterocycles. The Kier molecular flexibility index (Phi) is 2.51. The molecule has 1 rings (SSSR count). The van der Waals surface area contributed by atoms with Crippen molar-refractivity contribution in [3.8, 4) is 5.75 Å². The van der Waals surface area contributed by atoms with E-state index in [1.165, 1.54) is 7.05 Å². The van der Waals surface area contributed by atoms with Crippen LogP contribution in [0.25, 0.3) is 0 Å². The van der Waals surface area contributed by atoms with Gasteiger partial charge in [-0.1, -0.05) is 0 Å². The molecule has 13 heavy (non-hydrogen) atoms. The predicted octanol–water partition coefficient (Wildman–Crippen LogP) is 1.20. The van der Waals surface area contributed by atoms with E-state index in [0.29, 0.717) is 5.56 Å². The lowest BCUT2D eigenvalue weighted by molar-refractivity contribution is 0.0962. The first-order valence-electron chi connectivity index (χ1n) is 3.77. The lowest BCUT2D eigenvalue weighted by Crippen LogP contribution is -2.18. The van der Waals surface area contributed by atoms with Crippen molar-refractivity contribution in [2.24, 2.45) is 0 Å². The average molecular weight is 183 g/mol. The molecule has 0 atom stereocenters. The van der Waals surface area contributed by atoms with Gasteiger partial charge >= 0.3 is 0 Å². The van der Waals surface area contributed by atoms with E-state index in [0.717, 1.165) is 12.1 Å². The number of nitrogens with one attached hydrogen (secondary N) is 1. The van der Waals surface area contributed by atoms with Gasteiger partial charge < -0.3 is 10.4 Å². The predicted molar refractivity (Wildman–Crippen MR) is 46.2 cm³/mol. The summed E-state index contributed by atoms with van der Waals surface area (Å²) in [6, 6.07) is 2.24. The van der Waals surface area contributed by atoms with Crippen LogP contribution in [-0.2, 0) is 0 Å². The van der Waals surface area contributed by atoms with Crippen molar-refractivity contribution in [2.45, 2.75) is 6.92 Å². The maximum Gasteiger partial charge on any atom is 0.251 e. The summed E-state index contributed by atoms with van der Waals surface area (Å²) in [5.74, 6) is -1.57. The highest BCUT2D eigenvalue weighted by Crippen LogP contribution is 2.20. The molecule has 3 nitrogen and oxygen atoms in total. The summed E-state index contributed by atoms with van der Waals surface area (Å²) in [5, 5.41) is 11.4. The molecule has 1 amide bonds. The van der Waals surface area contributed by atoms with Crippen LogP contribution in [0.1, 0.15) is 15.9 Å². The summed E-state index contributed by atoms with van der Waals surface area (Å²) in [6.45, 7) is 1.60. The molecule has 0 aliphatic carbocycles. The van der Waals surface area contributed by atoms with E-state index in [4.69, 9.17) is 5.11 Å². The molecular formula is C9H10FNO2. The second-order valence-electron chi connectivity index (χ2n) is 2.70. The summed E-state index contributed by atoms with van der Waals surface area (Å²) >= 11 is 0. The molecule has 2 N–H and O–H groups in total. The molecule has 70 valence electrons. The van der Waals surface area contributed by atoms with Gasteiger partial charge in [-0.25, -0.2) is 4.39 Å². The number of hydrogen-bond donors (Lipinski definition) is 2. The highest BCUT2D eigenvalue weighted by atomic mass is 19.1. The smallest absolute Gasteiger partial charge is 0.251 e. The molecule has 0 aliphatic heterocycles. The number of aromatic hydroxyl groups is 1. The molecule has 0 saturated heterocycles. The van der Waals surface area contributed by atoms with Crippen LogP contribution in [0.2, 0.25) is 0 Å². The summed E-state index contributed by atoms with van der Waals surface area (Å²) in [4.78, 5) is 11.2. The molecule has 0 aliphatic rings. The zero-order valence-electron chi connectivity index (χ0n) is 7.39. The number of aryl methyl sites for hydroxylation is 1. The Morgan fingerprint density at radius 3 is 2.69 bits per heavy atom. The zero-order valence-corrected chi connectivity index (χ0v) is 7.39. The van der Waals surface area contributed by atoms with Crippen LogP contribution >= 0.6 is 0 Å². The molecular weight excluding hydrogens is 173 g/mol. The summed E-state index contributed by atoms with van der Waals surface area (Å²) in [5.41, 5.74) is 0.774. The second-order valence-corrected chi connectivity index (χ2v) is 2.70. The second kappa shape index (κ2) is 3.43. The van der Waals surface area contributed by atoms with Crippen LogP contribution < -0.4 is 5.32 Å². The number of amides is 1. The number of halogens is 1. The van der Waals surface area contributed by atoms with Crippen LogP contribution in [0.5, 0.6) is 5.75 Å². The van der Waals surface area contributed by atoms with Gasteiger partial charge in [0.25, 0.3) is 5.91 Å². The maximum atomic E-state index is 12.7. The van der Waals surface area contributed by atoms with Gasteiger partial charge in [-0.05, 0) is 24.6 Å². The Balaban J connectivity index is 3.23. The Hall–Kier alpha value is -1.58. The largest absolute Gasteiger partial charge is 0.505 e. The van der Waals surface area contributed by atoms with Crippen LogP contribution in [0, 0.1) is 12.7 Å². The number of phenolic OH excluding ortho intramolecular Hbond substituents is 1. The Morgan fingerprint density at radius 2 is 2.15 bits per heavy atom. The molecule has 0 fully saturated rings. The Labute approximate surface area is 75.2 Å². The van der Waals surface area contributed by atoms with Crippen molar-refractivity contribution >= 4 is 5.91 Å². The van der Waals surface area contributed by atoms with Crippen molar-refractivity contribution in [3.05, 3.63) is 29.1 Å². The van der Waals surface area contributed by atoms with Crippen molar-refractivity contribution in [2.75, 3.05) is 7.05 Å². The fourth-order valence-electron chi connectivity index (χ4n) is 1.04. The molecule has 0 aromatic heterocycles. The molecule has 0 unspecified atom stereocenters. The minimum Gasteiger partial charge on any atom is -0.505 e. The van der Waals surface area contributed by atoms with E-state index in [1.54, 1.807) is 6.92 Å². The highest BCUT2D eigenvalue weighted by Gasteiger charge is 2.11. The number of carbonyl (C=O) groups excluding carboxylic acids is 1. The van der Waals surface area contributed by atoms with Gasteiger partial charge in [0.15, 0.2) is 11.6 Å². The van der Waals surface area contributed by atoms with Gasteiger partial charge in [0, 0.05) is 12.6 Å². The van der Waals surface area contributed by atoms with E-state index in [-0.39, 0.29) is 11.5 Å². The van der Waals surface area contributed by atoms with E-state index in [1.807, 2.05) is 0 Å². The lowest BCUT2D eigenvalue weighted by Gasteiger charge is -2.05. The van der Waals surface area contributed by atoms with Gasteiger partial charge in [-0.15, -0.1) is 0 Å². The van der Waals surface area contributed by atoms with Gasteiger partial charge in [0.2, 0.25) is 0 Å². The number of benzene rings is 1. The number of rotatable bonds is 1. The van der Waals surface area contributed by atoms with E-state index < -0.39 is 11.6 Å². The lowest BCUT2D eigenvalue weighted by atomic mass is 10.1. The number of carbonyl (C=O) groups is 1. The third-order valence-corrected chi connectivity index (χ3v) is 1.77. The van der Waals surface area contributed by atoms with Gasteiger partial charge in [-0.3, -0.25) is 4.79 Å². The topological polar surface area (TPSA) is 49.3 Å². The van der Waals surface area contributed by atoms with E-state index in [2.05, 4.69) is 5.32 Å². The SMILES string of the molecule is CNC(=O)c1cc(O)c(F)cc1C. The summed E-state index contributed by atoms with van der Waals surface area (Å²) in [6.07, 6.45) is 0. The standard InChI is InChI=1S/C9H10FNO2/c1-5-3-7(10)8(12)4-6(5)9(13)11-2/h3-4,12H,1-2H3,(H,11,13). The molecule has 4 heteroatoms.